The van der Waals surface area contributed by atoms with Crippen molar-refractivity contribution in [2.75, 3.05) is 0 Å². The largest absolute Gasteiger partial charge is 0.241 e. The van der Waals surface area contributed by atoms with E-state index in [4.69, 9.17) is 11.6 Å². The molecule has 3 aromatic carbocycles. The quantitative estimate of drug-likeness (QED) is 0.423. The normalized spacial score (nSPS) is 18.0. The van der Waals surface area contributed by atoms with Gasteiger partial charge in [-0.15, -0.1) is 0 Å². The maximum atomic E-state index is 13.2. The fourth-order valence-corrected chi connectivity index (χ4v) is 6.39. The zero-order chi connectivity index (χ0) is 20.7. The molecule has 4 aromatic rings. The molecule has 0 radical (unpaired) electrons. The Kier molecular flexibility index (Phi) is 4.99. The van der Waals surface area contributed by atoms with Gasteiger partial charge < -0.3 is 0 Å². The summed E-state index contributed by atoms with van der Waals surface area (Å²) in [5, 5.41) is 3.05. The molecule has 5 nitrogen and oxygen atoms in total. The molecule has 0 aliphatic heterocycles. The van der Waals surface area contributed by atoms with Gasteiger partial charge in [0.1, 0.15) is 0 Å². The highest BCUT2D eigenvalue weighted by Gasteiger charge is 2.38. The predicted octanol–water partition coefficient (Wildman–Crippen LogP) is 5.15. The lowest BCUT2D eigenvalue weighted by atomic mass is 10.1. The molecule has 30 heavy (non-hydrogen) atoms. The van der Waals surface area contributed by atoms with Gasteiger partial charge in [-0.2, -0.15) is 0 Å². The summed E-state index contributed by atoms with van der Waals surface area (Å²) in [6.45, 7) is 0. The Morgan fingerprint density at radius 2 is 1.53 bits per heavy atom. The summed E-state index contributed by atoms with van der Waals surface area (Å²) < 4.78 is 29.3. The van der Waals surface area contributed by atoms with Crippen LogP contribution in [0.5, 0.6) is 0 Å². The molecule has 8 heteroatoms. The number of hydrogen-bond acceptors (Lipinski definition) is 5. The van der Waals surface area contributed by atoms with Crippen LogP contribution in [0.15, 0.2) is 89.2 Å². The van der Waals surface area contributed by atoms with Gasteiger partial charge in [0, 0.05) is 17.4 Å². The number of thioether (sulfide) groups is 1. The van der Waals surface area contributed by atoms with E-state index in [2.05, 4.69) is 14.7 Å². The third-order valence-electron chi connectivity index (χ3n) is 5.09. The van der Waals surface area contributed by atoms with E-state index in [0.717, 1.165) is 21.9 Å². The van der Waals surface area contributed by atoms with Crippen molar-refractivity contribution in [3.05, 3.63) is 95.3 Å². The number of aromatic nitrogens is 2. The van der Waals surface area contributed by atoms with Crippen LogP contribution in [0.2, 0.25) is 5.02 Å². The Labute approximate surface area is 183 Å². The van der Waals surface area contributed by atoms with E-state index in [9.17, 15) is 8.42 Å². The monoisotopic (exact) mass is 453 g/mol. The molecule has 1 heterocycles. The molecule has 1 aliphatic carbocycles. The van der Waals surface area contributed by atoms with Crippen molar-refractivity contribution in [3.8, 4) is 0 Å². The van der Waals surface area contributed by atoms with Crippen LogP contribution in [0.25, 0.3) is 10.8 Å². The molecule has 150 valence electrons. The van der Waals surface area contributed by atoms with E-state index in [1.165, 1.54) is 23.9 Å². The van der Waals surface area contributed by atoms with Gasteiger partial charge in [-0.1, -0.05) is 59.8 Å². The van der Waals surface area contributed by atoms with Gasteiger partial charge in [0.25, 0.3) is 0 Å². The topological polar surface area (TPSA) is 72.0 Å². The predicted molar refractivity (Wildman–Crippen MR) is 119 cm³/mol. The third kappa shape index (κ3) is 3.48. The minimum absolute atomic E-state index is 0.176. The summed E-state index contributed by atoms with van der Waals surface area (Å²) in [7, 11) is -3.76. The zero-order valence-corrected chi connectivity index (χ0v) is 18.0. The number of nitrogens with zero attached hydrogens (tertiary/aromatic N) is 2. The maximum Gasteiger partial charge on any atom is 0.241 e. The van der Waals surface area contributed by atoms with Crippen molar-refractivity contribution in [2.24, 2.45) is 0 Å². The number of benzene rings is 3. The highest BCUT2D eigenvalue weighted by Crippen LogP contribution is 2.52. The maximum absolute atomic E-state index is 13.2. The molecule has 5 rings (SSSR count). The fraction of sp³-hybridized carbons (Fsp3) is 0.0909. The van der Waals surface area contributed by atoms with Gasteiger partial charge >= 0.3 is 0 Å². The molecular weight excluding hydrogens is 438 g/mol. The Morgan fingerprint density at radius 1 is 0.867 bits per heavy atom. The molecule has 0 spiro atoms. The zero-order valence-electron chi connectivity index (χ0n) is 15.6. The summed E-state index contributed by atoms with van der Waals surface area (Å²) in [5.74, 6) is 0. The van der Waals surface area contributed by atoms with Crippen LogP contribution in [0.3, 0.4) is 0 Å². The van der Waals surface area contributed by atoms with Crippen molar-refractivity contribution in [3.63, 3.8) is 0 Å². The first-order chi connectivity index (χ1) is 14.5. The lowest BCUT2D eigenvalue weighted by Crippen LogP contribution is -2.30. The lowest BCUT2D eigenvalue weighted by molar-refractivity contribution is 0.557. The lowest BCUT2D eigenvalue weighted by Gasteiger charge is -2.22. The van der Waals surface area contributed by atoms with E-state index >= 15 is 0 Å². The van der Waals surface area contributed by atoms with E-state index in [1.54, 1.807) is 30.6 Å². The second-order valence-electron chi connectivity index (χ2n) is 6.92. The molecule has 1 aromatic heterocycles. The van der Waals surface area contributed by atoms with Crippen molar-refractivity contribution < 1.29 is 8.42 Å². The summed E-state index contributed by atoms with van der Waals surface area (Å²) in [4.78, 5) is 8.83. The van der Waals surface area contributed by atoms with E-state index in [-0.39, 0.29) is 10.1 Å². The van der Waals surface area contributed by atoms with Crippen LogP contribution < -0.4 is 4.72 Å². The van der Waals surface area contributed by atoms with Crippen molar-refractivity contribution >= 4 is 44.2 Å². The average Bonchev–Trinajstić information content (AvgIpc) is 3.04. The molecule has 0 unspecified atom stereocenters. The highest BCUT2D eigenvalue weighted by atomic mass is 35.5. The molecule has 0 saturated carbocycles. The fourth-order valence-electron chi connectivity index (χ4n) is 3.80. The summed E-state index contributed by atoms with van der Waals surface area (Å²) in [6, 6.07) is 19.5. The first-order valence-electron chi connectivity index (χ1n) is 9.26. The second kappa shape index (κ2) is 7.67. The second-order valence-corrected chi connectivity index (χ2v) is 10.2. The first-order valence-corrected chi connectivity index (χ1v) is 12.0. The van der Waals surface area contributed by atoms with Gasteiger partial charge in [0.05, 0.1) is 16.2 Å². The molecular formula is C22H16ClN3O2S2. The minimum atomic E-state index is -3.76. The number of hydrogen-bond donors (Lipinski definition) is 1. The molecule has 0 fully saturated rings. The Morgan fingerprint density at radius 3 is 2.23 bits per heavy atom. The van der Waals surface area contributed by atoms with Crippen molar-refractivity contribution in [2.45, 2.75) is 21.3 Å². The molecule has 0 amide bonds. The Hall–Kier alpha value is -2.45. The van der Waals surface area contributed by atoms with Crippen molar-refractivity contribution in [1.82, 2.24) is 14.7 Å². The smallest absolute Gasteiger partial charge is 0.231 e. The molecule has 1 aliphatic rings. The number of rotatable bonds is 5. The minimum Gasteiger partial charge on any atom is -0.231 e. The summed E-state index contributed by atoms with van der Waals surface area (Å²) in [5.41, 5.74) is 2.03. The van der Waals surface area contributed by atoms with Gasteiger partial charge in [-0.05, 0) is 52.2 Å². The van der Waals surface area contributed by atoms with Crippen LogP contribution in [0.4, 0.5) is 0 Å². The number of halogens is 1. The molecule has 0 saturated heterocycles. The Bertz CT molecular complexity index is 1320. The Balaban J connectivity index is 1.59. The summed E-state index contributed by atoms with van der Waals surface area (Å²) in [6.07, 6.45) is 3.37. The van der Waals surface area contributed by atoms with Gasteiger partial charge in [0.2, 0.25) is 10.0 Å². The van der Waals surface area contributed by atoms with Crippen LogP contribution in [0, 0.1) is 0 Å². The number of nitrogens with one attached hydrogen (secondary N) is 1. The molecule has 2 atom stereocenters. The average molecular weight is 454 g/mol. The SMILES string of the molecule is O=S(=O)(N[C@H]1c2cccc3cccc(c23)[C@@H]1Sc1ncccn1)c1ccc(Cl)cc1. The van der Waals surface area contributed by atoms with Crippen LogP contribution in [0.1, 0.15) is 22.4 Å². The van der Waals surface area contributed by atoms with Gasteiger partial charge in [-0.25, -0.2) is 23.1 Å². The van der Waals surface area contributed by atoms with E-state index < -0.39 is 16.1 Å². The van der Waals surface area contributed by atoms with E-state index in [1.807, 2.05) is 36.4 Å². The standard InChI is InChI=1S/C22H16ClN3O2S2/c23-15-8-10-16(11-9-15)30(27,28)26-20-17-6-1-4-14-5-2-7-18(19(14)17)21(20)29-22-24-12-3-13-25-22/h1-13,20-21,26H/t20-,21-/m0/s1. The van der Waals surface area contributed by atoms with Crippen LogP contribution in [-0.2, 0) is 10.0 Å². The third-order valence-corrected chi connectivity index (χ3v) is 8.00. The van der Waals surface area contributed by atoms with Crippen LogP contribution >= 0.6 is 23.4 Å². The van der Waals surface area contributed by atoms with Crippen molar-refractivity contribution in [1.29, 1.82) is 0 Å². The van der Waals surface area contributed by atoms with E-state index in [0.29, 0.717) is 10.2 Å². The summed E-state index contributed by atoms with van der Waals surface area (Å²) >= 11 is 7.38. The highest BCUT2D eigenvalue weighted by molar-refractivity contribution is 7.99. The molecule has 0 bridgehead atoms. The van der Waals surface area contributed by atoms with Gasteiger partial charge in [-0.3, -0.25) is 0 Å². The van der Waals surface area contributed by atoms with Crippen LogP contribution in [-0.4, -0.2) is 18.4 Å². The van der Waals surface area contributed by atoms with Gasteiger partial charge in [0.15, 0.2) is 5.16 Å². The first kappa shape index (κ1) is 19.5. The number of sulfonamides is 1. The molecule has 1 N–H and O–H groups in total.